The molecule has 1 fully saturated rings. The van der Waals surface area contributed by atoms with E-state index in [9.17, 15) is 5.11 Å². The number of aliphatic hydroxyl groups excluding tert-OH is 1. The second-order valence-corrected chi connectivity index (χ2v) is 6.35. The van der Waals surface area contributed by atoms with Crippen LogP contribution >= 0.6 is 11.3 Å². The third kappa shape index (κ3) is 2.80. The molecule has 0 aromatic carbocycles. The molecule has 0 unspecified atom stereocenters. The van der Waals surface area contributed by atoms with Crippen LogP contribution in [0.4, 0.5) is 5.13 Å². The van der Waals surface area contributed by atoms with Crippen LogP contribution in [0.5, 0.6) is 0 Å². The number of nitrogens with zero attached hydrogens (tertiary/aromatic N) is 2. The largest absolute Gasteiger partial charge is 0.391 e. The predicted molar refractivity (Wildman–Crippen MR) is 72.7 cm³/mol. The minimum absolute atomic E-state index is 0.120. The highest BCUT2D eigenvalue weighted by Crippen LogP contribution is 2.32. The zero-order chi connectivity index (χ0) is 12.4. The van der Waals surface area contributed by atoms with Crippen molar-refractivity contribution in [3.63, 3.8) is 0 Å². The fraction of sp³-hybridized carbons (Fsp3) is 0.769. The molecule has 0 aliphatic carbocycles. The molecule has 1 aromatic rings. The van der Waals surface area contributed by atoms with Crippen molar-refractivity contribution >= 4 is 16.5 Å². The van der Waals surface area contributed by atoms with Crippen molar-refractivity contribution in [2.24, 2.45) is 5.92 Å². The Labute approximate surface area is 107 Å². The van der Waals surface area contributed by atoms with Crippen molar-refractivity contribution in [1.82, 2.24) is 4.98 Å². The fourth-order valence-corrected chi connectivity index (χ4v) is 3.38. The fourth-order valence-electron chi connectivity index (χ4n) is 2.25. The van der Waals surface area contributed by atoms with E-state index in [0.717, 1.165) is 34.7 Å². The van der Waals surface area contributed by atoms with Gasteiger partial charge in [0.05, 0.1) is 17.2 Å². The molecule has 17 heavy (non-hydrogen) atoms. The van der Waals surface area contributed by atoms with Crippen LogP contribution in [0.1, 0.15) is 50.1 Å². The molecular formula is C13H22N2OS. The van der Waals surface area contributed by atoms with Crippen molar-refractivity contribution in [1.29, 1.82) is 0 Å². The highest BCUT2D eigenvalue weighted by Gasteiger charge is 2.21. The maximum absolute atomic E-state index is 9.37. The van der Waals surface area contributed by atoms with Gasteiger partial charge in [-0.25, -0.2) is 4.98 Å². The molecule has 0 atom stereocenters. The average Bonchev–Trinajstić information content (AvgIpc) is 2.74. The van der Waals surface area contributed by atoms with Gasteiger partial charge in [0.2, 0.25) is 0 Å². The first-order valence-corrected chi connectivity index (χ1v) is 7.29. The van der Waals surface area contributed by atoms with E-state index in [1.807, 2.05) is 0 Å². The van der Waals surface area contributed by atoms with E-state index < -0.39 is 0 Å². The molecule has 3 nitrogen and oxygen atoms in total. The number of rotatable bonds is 3. The second-order valence-electron chi connectivity index (χ2n) is 5.29. The quantitative estimate of drug-likeness (QED) is 0.901. The summed E-state index contributed by atoms with van der Waals surface area (Å²) in [7, 11) is 0. The monoisotopic (exact) mass is 254 g/mol. The Kier molecular flexibility index (Phi) is 4.05. The molecule has 0 radical (unpaired) electrons. The second kappa shape index (κ2) is 5.36. The molecule has 4 heteroatoms. The molecule has 1 aliphatic heterocycles. The van der Waals surface area contributed by atoms with Gasteiger partial charge in [0, 0.05) is 13.1 Å². The van der Waals surface area contributed by atoms with E-state index in [1.165, 1.54) is 12.8 Å². The molecule has 1 aromatic heterocycles. The molecule has 2 heterocycles. The summed E-state index contributed by atoms with van der Waals surface area (Å²) in [5, 5.41) is 10.5. The van der Waals surface area contributed by atoms with E-state index >= 15 is 0 Å². The lowest BCUT2D eigenvalue weighted by atomic mass is 10.00. The number of hydrogen-bond donors (Lipinski definition) is 1. The smallest absolute Gasteiger partial charge is 0.185 e. The van der Waals surface area contributed by atoms with E-state index in [4.69, 9.17) is 4.98 Å². The Hall–Kier alpha value is -0.610. The van der Waals surface area contributed by atoms with Gasteiger partial charge >= 0.3 is 0 Å². The summed E-state index contributed by atoms with van der Waals surface area (Å²) in [4.78, 5) is 8.12. The van der Waals surface area contributed by atoms with Crippen LogP contribution in [0, 0.1) is 5.92 Å². The first-order valence-electron chi connectivity index (χ1n) is 6.47. The summed E-state index contributed by atoms with van der Waals surface area (Å²) >= 11 is 1.66. The Morgan fingerprint density at radius 3 is 2.53 bits per heavy atom. The number of piperidine rings is 1. The Morgan fingerprint density at radius 1 is 1.41 bits per heavy atom. The van der Waals surface area contributed by atoms with Gasteiger partial charge in [0.15, 0.2) is 5.13 Å². The maximum atomic E-state index is 9.37. The zero-order valence-electron chi connectivity index (χ0n) is 10.9. The van der Waals surface area contributed by atoms with Crippen LogP contribution in [-0.4, -0.2) is 23.2 Å². The van der Waals surface area contributed by atoms with Crippen molar-refractivity contribution in [3.05, 3.63) is 10.6 Å². The van der Waals surface area contributed by atoms with Gasteiger partial charge in [-0.15, -0.1) is 0 Å². The van der Waals surface area contributed by atoms with Crippen LogP contribution in [-0.2, 0) is 6.61 Å². The highest BCUT2D eigenvalue weighted by atomic mass is 32.1. The molecule has 2 rings (SSSR count). The summed E-state index contributed by atoms with van der Waals surface area (Å²) in [6, 6.07) is 0. The van der Waals surface area contributed by atoms with Crippen molar-refractivity contribution in [3.8, 4) is 0 Å². The summed E-state index contributed by atoms with van der Waals surface area (Å²) in [6.45, 7) is 8.92. The van der Waals surface area contributed by atoms with Gasteiger partial charge in [0.1, 0.15) is 0 Å². The summed E-state index contributed by atoms with van der Waals surface area (Å²) in [5.74, 6) is 1.24. The molecule has 0 amide bonds. The summed E-state index contributed by atoms with van der Waals surface area (Å²) < 4.78 is 0. The van der Waals surface area contributed by atoms with Crippen LogP contribution in [0.15, 0.2) is 0 Å². The van der Waals surface area contributed by atoms with Gasteiger partial charge in [0.25, 0.3) is 0 Å². The maximum Gasteiger partial charge on any atom is 0.185 e. The van der Waals surface area contributed by atoms with Crippen LogP contribution in [0.25, 0.3) is 0 Å². The first kappa shape index (κ1) is 12.8. The van der Waals surface area contributed by atoms with E-state index in [0.29, 0.717) is 5.92 Å². The number of hydrogen-bond acceptors (Lipinski definition) is 4. The van der Waals surface area contributed by atoms with Gasteiger partial charge in [-0.2, -0.15) is 0 Å². The number of aromatic nitrogens is 1. The standard InChI is InChI=1S/C13H22N2OS/c1-9(2)12-11(8-16)17-13(14-12)15-6-4-10(3)5-7-15/h9-10,16H,4-8H2,1-3H3. The van der Waals surface area contributed by atoms with Gasteiger partial charge in [-0.3, -0.25) is 0 Å². The third-order valence-electron chi connectivity index (χ3n) is 3.46. The molecule has 0 bridgehead atoms. The number of thiazole rings is 1. The van der Waals surface area contributed by atoms with Gasteiger partial charge < -0.3 is 10.0 Å². The predicted octanol–water partition coefficient (Wildman–Crippen LogP) is 3.00. The third-order valence-corrected chi connectivity index (χ3v) is 4.58. The van der Waals surface area contributed by atoms with Crippen LogP contribution < -0.4 is 4.90 Å². The topological polar surface area (TPSA) is 36.4 Å². The minimum Gasteiger partial charge on any atom is -0.391 e. The summed E-state index contributed by atoms with van der Waals surface area (Å²) in [5.41, 5.74) is 1.08. The SMILES string of the molecule is CC1CCN(c2nc(C(C)C)c(CO)s2)CC1. The van der Waals surface area contributed by atoms with E-state index in [-0.39, 0.29) is 6.61 Å². The molecule has 0 saturated carbocycles. The lowest BCUT2D eigenvalue weighted by Gasteiger charge is -2.29. The number of aliphatic hydroxyl groups is 1. The average molecular weight is 254 g/mol. The Balaban J connectivity index is 2.16. The first-order chi connectivity index (χ1) is 8.11. The minimum atomic E-state index is 0.120. The van der Waals surface area contributed by atoms with Crippen LogP contribution in [0.2, 0.25) is 0 Å². The Morgan fingerprint density at radius 2 is 2.06 bits per heavy atom. The lowest BCUT2D eigenvalue weighted by Crippen LogP contribution is -2.32. The van der Waals surface area contributed by atoms with Gasteiger partial charge in [-0.1, -0.05) is 32.1 Å². The molecular weight excluding hydrogens is 232 g/mol. The van der Waals surface area contributed by atoms with Crippen molar-refractivity contribution in [2.45, 2.75) is 46.1 Å². The van der Waals surface area contributed by atoms with E-state index in [2.05, 4.69) is 25.7 Å². The molecule has 1 saturated heterocycles. The highest BCUT2D eigenvalue weighted by molar-refractivity contribution is 7.15. The Bertz CT molecular complexity index is 367. The summed E-state index contributed by atoms with van der Waals surface area (Å²) in [6.07, 6.45) is 2.51. The normalized spacial score (nSPS) is 18.1. The van der Waals surface area contributed by atoms with Gasteiger partial charge in [-0.05, 0) is 24.7 Å². The van der Waals surface area contributed by atoms with Crippen molar-refractivity contribution in [2.75, 3.05) is 18.0 Å². The lowest BCUT2D eigenvalue weighted by molar-refractivity contribution is 0.283. The molecule has 1 N–H and O–H groups in total. The molecule has 0 spiro atoms. The molecule has 96 valence electrons. The zero-order valence-corrected chi connectivity index (χ0v) is 11.8. The molecule has 1 aliphatic rings. The van der Waals surface area contributed by atoms with Crippen molar-refractivity contribution < 1.29 is 5.11 Å². The number of anilines is 1. The van der Waals surface area contributed by atoms with Crippen LogP contribution in [0.3, 0.4) is 0 Å². The van der Waals surface area contributed by atoms with E-state index in [1.54, 1.807) is 11.3 Å².